The molecule has 0 aliphatic carbocycles. The van der Waals surface area contributed by atoms with Crippen LogP contribution in [0.5, 0.6) is 0 Å². The molecule has 0 saturated carbocycles. The zero-order valence-corrected chi connectivity index (χ0v) is 11.7. The number of hydrogen-bond donors (Lipinski definition) is 1. The van der Waals surface area contributed by atoms with E-state index in [4.69, 9.17) is 9.26 Å². The van der Waals surface area contributed by atoms with Gasteiger partial charge in [0, 0.05) is 6.61 Å². The molecule has 0 spiro atoms. The Morgan fingerprint density at radius 3 is 2.83 bits per heavy atom. The molecule has 1 aliphatic heterocycles. The summed E-state index contributed by atoms with van der Waals surface area (Å²) in [5.41, 5.74) is -0.0414. The topological polar surface area (TPSA) is 60.2 Å². The number of aromatic nitrogens is 2. The number of ether oxygens (including phenoxy) is 1. The molecule has 1 saturated heterocycles. The highest BCUT2D eigenvalue weighted by Gasteiger charge is 2.32. The lowest BCUT2D eigenvalue weighted by Gasteiger charge is -2.27. The van der Waals surface area contributed by atoms with Crippen molar-refractivity contribution in [3.63, 3.8) is 0 Å². The highest BCUT2D eigenvalue weighted by Crippen LogP contribution is 2.35. The van der Waals surface area contributed by atoms with Crippen LogP contribution in [0.15, 0.2) is 4.52 Å². The molecule has 2 heterocycles. The molecule has 1 unspecified atom stereocenters. The van der Waals surface area contributed by atoms with Gasteiger partial charge < -0.3 is 14.6 Å². The van der Waals surface area contributed by atoms with E-state index in [0.717, 1.165) is 19.4 Å². The Morgan fingerprint density at radius 1 is 1.50 bits per heavy atom. The van der Waals surface area contributed by atoms with E-state index in [1.54, 1.807) is 0 Å². The van der Waals surface area contributed by atoms with Crippen LogP contribution in [-0.4, -0.2) is 23.3 Å². The van der Waals surface area contributed by atoms with Crippen LogP contribution in [0.25, 0.3) is 0 Å². The predicted molar refractivity (Wildman–Crippen MR) is 68.1 cm³/mol. The number of hydrogen-bond acceptors (Lipinski definition) is 5. The first-order valence-corrected chi connectivity index (χ1v) is 6.71. The molecule has 18 heavy (non-hydrogen) atoms. The fourth-order valence-corrected chi connectivity index (χ4v) is 2.27. The minimum Gasteiger partial charge on any atom is -0.370 e. The average Bonchev–Trinajstić information content (AvgIpc) is 2.94. The van der Waals surface area contributed by atoms with Crippen LogP contribution in [0.1, 0.15) is 64.4 Å². The van der Waals surface area contributed by atoms with Crippen molar-refractivity contribution >= 4 is 0 Å². The molecule has 5 nitrogen and oxygen atoms in total. The maximum Gasteiger partial charge on any atom is 0.243 e. The molecule has 1 aliphatic rings. The van der Waals surface area contributed by atoms with E-state index in [9.17, 15) is 0 Å². The lowest BCUT2D eigenvalue weighted by atomic mass is 9.88. The number of nitrogens with zero attached hydrogens (tertiary/aromatic N) is 2. The minimum atomic E-state index is -0.124. The van der Waals surface area contributed by atoms with E-state index in [1.807, 2.05) is 6.92 Å². The molecule has 2 atom stereocenters. The largest absolute Gasteiger partial charge is 0.370 e. The minimum absolute atomic E-state index is 0.0414. The second-order valence-corrected chi connectivity index (χ2v) is 5.84. The Morgan fingerprint density at radius 2 is 2.28 bits per heavy atom. The van der Waals surface area contributed by atoms with Gasteiger partial charge in [-0.05, 0) is 31.7 Å². The summed E-state index contributed by atoms with van der Waals surface area (Å²) in [6.07, 6.45) is 2.11. The number of rotatable bonds is 4. The molecule has 5 heteroatoms. The van der Waals surface area contributed by atoms with E-state index in [2.05, 4.69) is 36.2 Å². The quantitative estimate of drug-likeness (QED) is 0.893. The Bertz CT molecular complexity index is 378. The fraction of sp³-hybridized carbons (Fsp3) is 0.846. The van der Waals surface area contributed by atoms with Crippen LogP contribution in [-0.2, 0) is 4.74 Å². The van der Waals surface area contributed by atoms with E-state index >= 15 is 0 Å². The molecule has 102 valence electrons. The standard InChI is InChI=1S/C13H23N3O2/c1-5-17-10(13(2,3)4)11-15-12(18-16-11)9-7-6-8-14-9/h9-10,14H,5-8H2,1-4H3/t9-,10?/m1/s1. The van der Waals surface area contributed by atoms with Crippen molar-refractivity contribution in [1.82, 2.24) is 15.5 Å². The summed E-state index contributed by atoms with van der Waals surface area (Å²) in [6.45, 7) is 10.0. The third-order valence-corrected chi connectivity index (χ3v) is 3.17. The maximum absolute atomic E-state index is 5.76. The lowest BCUT2D eigenvalue weighted by molar-refractivity contribution is -0.0203. The van der Waals surface area contributed by atoms with Crippen molar-refractivity contribution in [1.29, 1.82) is 0 Å². The van der Waals surface area contributed by atoms with E-state index in [1.165, 1.54) is 0 Å². The van der Waals surface area contributed by atoms with Crippen molar-refractivity contribution in [3.05, 3.63) is 11.7 Å². The summed E-state index contributed by atoms with van der Waals surface area (Å²) in [6, 6.07) is 0.216. The Balaban J connectivity index is 2.15. The molecule has 0 aromatic carbocycles. The van der Waals surface area contributed by atoms with E-state index in [0.29, 0.717) is 18.3 Å². The van der Waals surface area contributed by atoms with Gasteiger partial charge in [0.1, 0.15) is 6.10 Å². The molecule has 1 fully saturated rings. The zero-order valence-electron chi connectivity index (χ0n) is 11.7. The van der Waals surface area contributed by atoms with Gasteiger partial charge in [0.25, 0.3) is 0 Å². The third kappa shape index (κ3) is 2.90. The molecular weight excluding hydrogens is 230 g/mol. The van der Waals surface area contributed by atoms with E-state index in [-0.39, 0.29) is 17.6 Å². The molecule has 2 rings (SSSR count). The van der Waals surface area contributed by atoms with Crippen molar-refractivity contribution in [3.8, 4) is 0 Å². The van der Waals surface area contributed by atoms with Crippen molar-refractivity contribution in [2.75, 3.05) is 13.2 Å². The molecule has 1 aromatic heterocycles. The summed E-state index contributed by atoms with van der Waals surface area (Å²) in [7, 11) is 0. The third-order valence-electron chi connectivity index (χ3n) is 3.17. The molecule has 0 amide bonds. The first-order chi connectivity index (χ1) is 8.52. The lowest BCUT2D eigenvalue weighted by Crippen LogP contribution is -2.23. The van der Waals surface area contributed by atoms with Crippen molar-refractivity contribution < 1.29 is 9.26 Å². The van der Waals surface area contributed by atoms with Gasteiger partial charge >= 0.3 is 0 Å². The van der Waals surface area contributed by atoms with Crippen LogP contribution < -0.4 is 5.32 Å². The van der Waals surface area contributed by atoms with Crippen LogP contribution in [0.2, 0.25) is 0 Å². The van der Waals surface area contributed by atoms with Gasteiger partial charge in [-0.1, -0.05) is 25.9 Å². The van der Waals surface area contributed by atoms with Gasteiger partial charge in [-0.2, -0.15) is 4.98 Å². The van der Waals surface area contributed by atoms with Crippen LogP contribution in [0, 0.1) is 5.41 Å². The predicted octanol–water partition coefficient (Wildman–Crippen LogP) is 2.62. The Kier molecular flexibility index (Phi) is 4.02. The molecule has 0 bridgehead atoms. The first kappa shape index (κ1) is 13.5. The monoisotopic (exact) mass is 253 g/mol. The summed E-state index contributed by atoms with van der Waals surface area (Å²) >= 11 is 0. The Labute approximate surface area is 108 Å². The van der Waals surface area contributed by atoms with Gasteiger partial charge in [0.15, 0.2) is 0 Å². The first-order valence-electron chi connectivity index (χ1n) is 6.71. The van der Waals surface area contributed by atoms with Crippen LogP contribution in [0.4, 0.5) is 0 Å². The summed E-state index contributed by atoms with van der Waals surface area (Å²) < 4.78 is 11.1. The highest BCUT2D eigenvalue weighted by molar-refractivity contribution is 5.00. The fourth-order valence-electron chi connectivity index (χ4n) is 2.27. The van der Waals surface area contributed by atoms with Crippen LogP contribution in [0.3, 0.4) is 0 Å². The molecular formula is C13H23N3O2. The van der Waals surface area contributed by atoms with Crippen LogP contribution >= 0.6 is 0 Å². The Hall–Kier alpha value is -0.940. The second-order valence-electron chi connectivity index (χ2n) is 5.84. The molecule has 1 aromatic rings. The van der Waals surface area contributed by atoms with Crippen molar-refractivity contribution in [2.24, 2.45) is 5.41 Å². The summed E-state index contributed by atoms with van der Waals surface area (Å²) in [4.78, 5) is 4.51. The average molecular weight is 253 g/mol. The molecule has 1 N–H and O–H groups in total. The maximum atomic E-state index is 5.76. The second kappa shape index (κ2) is 5.36. The van der Waals surface area contributed by atoms with Gasteiger partial charge in [-0.3, -0.25) is 0 Å². The number of nitrogens with one attached hydrogen (secondary N) is 1. The van der Waals surface area contributed by atoms with Gasteiger partial charge in [-0.15, -0.1) is 0 Å². The normalized spacial score (nSPS) is 22.3. The van der Waals surface area contributed by atoms with Gasteiger partial charge in [-0.25, -0.2) is 0 Å². The van der Waals surface area contributed by atoms with Crippen molar-refractivity contribution in [2.45, 2.75) is 52.7 Å². The highest BCUT2D eigenvalue weighted by atomic mass is 16.5. The van der Waals surface area contributed by atoms with Gasteiger partial charge in [0.05, 0.1) is 6.04 Å². The molecule has 0 radical (unpaired) electrons. The summed E-state index contributed by atoms with van der Waals surface area (Å²) in [5.74, 6) is 1.35. The van der Waals surface area contributed by atoms with Gasteiger partial charge in [0.2, 0.25) is 11.7 Å². The summed E-state index contributed by atoms with van der Waals surface area (Å²) in [5, 5.41) is 7.45. The SMILES string of the molecule is CCOC(c1noc([C@H]2CCCN2)n1)C(C)(C)C. The zero-order chi connectivity index (χ0) is 13.2. The van der Waals surface area contributed by atoms with E-state index < -0.39 is 0 Å². The smallest absolute Gasteiger partial charge is 0.243 e.